The lowest BCUT2D eigenvalue weighted by molar-refractivity contribution is 0.0664. The van der Waals surface area contributed by atoms with E-state index in [0.29, 0.717) is 18.1 Å². The van der Waals surface area contributed by atoms with Crippen molar-refractivity contribution in [2.75, 3.05) is 13.2 Å². The third-order valence-corrected chi connectivity index (χ3v) is 6.34. The van der Waals surface area contributed by atoms with Gasteiger partial charge in [0.25, 0.3) is 11.9 Å². The molecule has 1 amide bonds. The van der Waals surface area contributed by atoms with Crippen molar-refractivity contribution < 1.29 is 9.90 Å². The van der Waals surface area contributed by atoms with Crippen molar-refractivity contribution in [3.05, 3.63) is 45.5 Å². The number of thiophene rings is 1. The Hall–Kier alpha value is -2.58. The molecule has 1 N–H and O–H groups in total. The van der Waals surface area contributed by atoms with E-state index < -0.39 is 0 Å². The third kappa shape index (κ3) is 3.89. The highest BCUT2D eigenvalue weighted by Crippen LogP contribution is 2.42. The normalized spacial score (nSPS) is 13.8. The molecule has 1 fully saturated rings. The highest BCUT2D eigenvalue weighted by Gasteiger charge is 2.35. The zero-order valence-electron chi connectivity index (χ0n) is 17.8. The molecule has 0 atom stereocenters. The SMILES string of the molecule is Cc1cc(-c2ccnc(-n3ncc(C(=O)N(CCO)C(C)C)c3C3CC3)n2)c(C)s1. The van der Waals surface area contributed by atoms with Gasteiger partial charge >= 0.3 is 0 Å². The van der Waals surface area contributed by atoms with Crippen LogP contribution in [0.15, 0.2) is 24.5 Å². The van der Waals surface area contributed by atoms with Crippen molar-refractivity contribution >= 4 is 17.2 Å². The summed E-state index contributed by atoms with van der Waals surface area (Å²) < 4.78 is 1.72. The van der Waals surface area contributed by atoms with Gasteiger partial charge < -0.3 is 10.0 Å². The van der Waals surface area contributed by atoms with E-state index >= 15 is 0 Å². The van der Waals surface area contributed by atoms with Crippen LogP contribution < -0.4 is 0 Å². The Bertz CT molecular complexity index is 1070. The molecule has 8 heteroatoms. The first-order valence-corrected chi connectivity index (χ1v) is 11.1. The smallest absolute Gasteiger partial charge is 0.257 e. The summed E-state index contributed by atoms with van der Waals surface area (Å²) in [5.41, 5.74) is 3.41. The number of carbonyl (C=O) groups excluding carboxylic acids is 1. The van der Waals surface area contributed by atoms with Crippen molar-refractivity contribution in [3.8, 4) is 17.2 Å². The quantitative estimate of drug-likeness (QED) is 0.624. The summed E-state index contributed by atoms with van der Waals surface area (Å²) >= 11 is 1.75. The summed E-state index contributed by atoms with van der Waals surface area (Å²) in [6, 6.07) is 4.04. The summed E-state index contributed by atoms with van der Waals surface area (Å²) in [4.78, 5) is 26.6. The van der Waals surface area contributed by atoms with Crippen LogP contribution in [-0.2, 0) is 0 Å². The number of aromatic nitrogens is 4. The van der Waals surface area contributed by atoms with E-state index in [1.54, 1.807) is 33.3 Å². The van der Waals surface area contributed by atoms with Crippen molar-refractivity contribution in [1.29, 1.82) is 0 Å². The molecule has 1 aliphatic rings. The van der Waals surface area contributed by atoms with Crippen LogP contribution in [0.3, 0.4) is 0 Å². The zero-order chi connectivity index (χ0) is 21.4. The summed E-state index contributed by atoms with van der Waals surface area (Å²) in [6.07, 6.45) is 5.42. The second-order valence-electron chi connectivity index (χ2n) is 8.01. The predicted octanol–water partition coefficient (Wildman–Crippen LogP) is 3.73. The van der Waals surface area contributed by atoms with Crippen LogP contribution in [-0.4, -0.2) is 54.9 Å². The molecule has 3 heterocycles. The molecule has 0 saturated heterocycles. The number of amides is 1. The molecule has 4 rings (SSSR count). The molecule has 3 aromatic rings. The number of carbonyl (C=O) groups is 1. The zero-order valence-corrected chi connectivity index (χ0v) is 18.6. The molecule has 0 aliphatic heterocycles. The van der Waals surface area contributed by atoms with Gasteiger partial charge in [-0.3, -0.25) is 4.79 Å². The summed E-state index contributed by atoms with van der Waals surface area (Å²) in [5.74, 6) is 0.662. The first kappa shape index (κ1) is 20.7. The maximum atomic E-state index is 13.2. The fourth-order valence-corrected chi connectivity index (χ4v) is 4.71. The number of aryl methyl sites for hydroxylation is 2. The Balaban J connectivity index is 1.75. The van der Waals surface area contributed by atoms with Gasteiger partial charge in [-0.25, -0.2) is 14.6 Å². The minimum Gasteiger partial charge on any atom is -0.395 e. The van der Waals surface area contributed by atoms with Crippen LogP contribution >= 0.6 is 11.3 Å². The second kappa shape index (κ2) is 8.28. The first-order valence-electron chi connectivity index (χ1n) is 10.3. The van der Waals surface area contributed by atoms with Gasteiger partial charge in [-0.2, -0.15) is 5.10 Å². The lowest BCUT2D eigenvalue weighted by Gasteiger charge is -2.26. The first-order chi connectivity index (χ1) is 14.4. The van der Waals surface area contributed by atoms with Crippen LogP contribution in [0.4, 0.5) is 0 Å². The Morgan fingerprint density at radius 1 is 1.37 bits per heavy atom. The summed E-state index contributed by atoms with van der Waals surface area (Å²) in [5, 5.41) is 13.9. The van der Waals surface area contributed by atoms with E-state index in [9.17, 15) is 9.90 Å². The molecule has 0 unspecified atom stereocenters. The molecule has 1 saturated carbocycles. The van der Waals surface area contributed by atoms with E-state index in [4.69, 9.17) is 4.98 Å². The van der Waals surface area contributed by atoms with Gasteiger partial charge in [0.1, 0.15) is 0 Å². The topological polar surface area (TPSA) is 84.1 Å². The van der Waals surface area contributed by atoms with Crippen LogP contribution in [0, 0.1) is 13.8 Å². The van der Waals surface area contributed by atoms with E-state index in [1.165, 1.54) is 9.75 Å². The van der Waals surface area contributed by atoms with Crippen molar-refractivity contribution in [2.24, 2.45) is 0 Å². The molecule has 7 nitrogen and oxygen atoms in total. The van der Waals surface area contributed by atoms with Crippen molar-refractivity contribution in [2.45, 2.75) is 52.5 Å². The van der Waals surface area contributed by atoms with E-state index in [1.807, 2.05) is 19.9 Å². The van der Waals surface area contributed by atoms with E-state index in [0.717, 1.165) is 29.8 Å². The van der Waals surface area contributed by atoms with Gasteiger partial charge in [-0.1, -0.05) is 0 Å². The number of hydrogen-bond acceptors (Lipinski definition) is 6. The Morgan fingerprint density at radius 3 is 2.73 bits per heavy atom. The molecular weight excluding hydrogens is 398 g/mol. The summed E-state index contributed by atoms with van der Waals surface area (Å²) in [7, 11) is 0. The molecule has 3 aromatic heterocycles. The van der Waals surface area contributed by atoms with Crippen LogP contribution in [0.5, 0.6) is 0 Å². The van der Waals surface area contributed by atoms with Gasteiger partial charge in [-0.05, 0) is 52.7 Å². The van der Waals surface area contributed by atoms with Gasteiger partial charge in [0.15, 0.2) is 0 Å². The Labute approximate surface area is 180 Å². The molecule has 0 radical (unpaired) electrons. The fourth-order valence-electron chi connectivity index (χ4n) is 3.77. The number of rotatable bonds is 7. The van der Waals surface area contributed by atoms with E-state index in [-0.39, 0.29) is 24.5 Å². The largest absolute Gasteiger partial charge is 0.395 e. The molecule has 1 aliphatic carbocycles. The number of aliphatic hydroxyl groups is 1. The Morgan fingerprint density at radius 2 is 2.13 bits per heavy atom. The van der Waals surface area contributed by atoms with Crippen molar-refractivity contribution in [3.63, 3.8) is 0 Å². The highest BCUT2D eigenvalue weighted by molar-refractivity contribution is 7.12. The average molecular weight is 426 g/mol. The molecule has 30 heavy (non-hydrogen) atoms. The number of nitrogens with zero attached hydrogens (tertiary/aromatic N) is 5. The second-order valence-corrected chi connectivity index (χ2v) is 9.47. The average Bonchev–Trinajstić information content (AvgIpc) is 3.37. The lowest BCUT2D eigenvalue weighted by Crippen LogP contribution is -2.39. The lowest BCUT2D eigenvalue weighted by atomic mass is 10.1. The Kier molecular flexibility index (Phi) is 5.71. The van der Waals surface area contributed by atoms with Gasteiger partial charge in [0.2, 0.25) is 0 Å². The standard InChI is InChI=1S/C22H27N5O2S/c1-13(2)26(9-10-28)21(29)18-12-24-27(20(18)16-5-6-16)22-23-8-7-19(25-22)17-11-14(3)30-15(17)4/h7-8,11-13,16,28H,5-6,9-10H2,1-4H3. The molecule has 0 bridgehead atoms. The minimum absolute atomic E-state index is 0.00978. The summed E-state index contributed by atoms with van der Waals surface area (Å²) in [6.45, 7) is 8.32. The van der Waals surface area contributed by atoms with Crippen molar-refractivity contribution in [1.82, 2.24) is 24.6 Å². The maximum absolute atomic E-state index is 13.2. The van der Waals surface area contributed by atoms with Gasteiger partial charge in [-0.15, -0.1) is 11.3 Å². The highest BCUT2D eigenvalue weighted by atomic mass is 32.1. The van der Waals surface area contributed by atoms with Crippen LogP contribution in [0.25, 0.3) is 17.2 Å². The monoisotopic (exact) mass is 425 g/mol. The van der Waals surface area contributed by atoms with Gasteiger partial charge in [0, 0.05) is 40.0 Å². The minimum atomic E-state index is -0.104. The molecular formula is C22H27N5O2S. The van der Waals surface area contributed by atoms with E-state index in [2.05, 4.69) is 30.0 Å². The number of hydrogen-bond donors (Lipinski definition) is 1. The van der Waals surface area contributed by atoms with Gasteiger partial charge in [0.05, 0.1) is 29.8 Å². The van der Waals surface area contributed by atoms with Crippen LogP contribution in [0.1, 0.15) is 58.4 Å². The fraction of sp³-hybridized carbons (Fsp3) is 0.455. The maximum Gasteiger partial charge on any atom is 0.257 e. The third-order valence-electron chi connectivity index (χ3n) is 5.38. The molecule has 0 spiro atoms. The molecule has 158 valence electrons. The molecule has 0 aromatic carbocycles. The van der Waals surface area contributed by atoms with Crippen LogP contribution in [0.2, 0.25) is 0 Å². The predicted molar refractivity (Wildman–Crippen MR) is 117 cm³/mol. The number of aliphatic hydroxyl groups excluding tert-OH is 1.